The van der Waals surface area contributed by atoms with E-state index in [9.17, 15) is 9.59 Å². The molecule has 1 aromatic carbocycles. The number of hydrogen-bond donors (Lipinski definition) is 1. The van der Waals surface area contributed by atoms with Crippen molar-refractivity contribution in [1.82, 2.24) is 5.32 Å². The summed E-state index contributed by atoms with van der Waals surface area (Å²) in [5, 5.41) is 2.71. The SMILES string of the molecule is COC(=O)CC(=O)NCc1ccc(C)c(C)c1C. The highest BCUT2D eigenvalue weighted by molar-refractivity contribution is 5.94. The van der Waals surface area contributed by atoms with Crippen LogP contribution in [0.3, 0.4) is 0 Å². The number of methoxy groups -OCH3 is 1. The summed E-state index contributed by atoms with van der Waals surface area (Å²) < 4.78 is 4.43. The van der Waals surface area contributed by atoms with Gasteiger partial charge in [0.2, 0.25) is 5.91 Å². The van der Waals surface area contributed by atoms with Gasteiger partial charge < -0.3 is 10.1 Å². The number of esters is 1. The summed E-state index contributed by atoms with van der Waals surface area (Å²) >= 11 is 0. The number of amides is 1. The van der Waals surface area contributed by atoms with Gasteiger partial charge in [0, 0.05) is 6.54 Å². The van der Waals surface area contributed by atoms with E-state index in [1.54, 1.807) is 0 Å². The third-order valence-electron chi connectivity index (χ3n) is 3.18. The number of benzene rings is 1. The Bertz CT molecular complexity index is 466. The first kappa shape index (κ1) is 14.2. The number of carbonyl (C=O) groups excluding carboxylic acids is 2. The van der Waals surface area contributed by atoms with E-state index in [0.717, 1.165) is 5.56 Å². The fourth-order valence-corrected chi connectivity index (χ4v) is 1.66. The molecule has 0 saturated carbocycles. The summed E-state index contributed by atoms with van der Waals surface area (Å²) in [7, 11) is 1.27. The van der Waals surface area contributed by atoms with Gasteiger partial charge in [0.25, 0.3) is 0 Å². The highest BCUT2D eigenvalue weighted by Gasteiger charge is 2.10. The minimum atomic E-state index is -0.524. The van der Waals surface area contributed by atoms with Gasteiger partial charge in [0.1, 0.15) is 6.42 Å². The van der Waals surface area contributed by atoms with E-state index >= 15 is 0 Å². The van der Waals surface area contributed by atoms with Gasteiger partial charge in [0.05, 0.1) is 7.11 Å². The van der Waals surface area contributed by atoms with Crippen molar-refractivity contribution in [2.75, 3.05) is 7.11 Å². The quantitative estimate of drug-likeness (QED) is 0.654. The van der Waals surface area contributed by atoms with Crippen molar-refractivity contribution in [3.63, 3.8) is 0 Å². The summed E-state index contributed by atoms with van der Waals surface area (Å²) in [6, 6.07) is 4.03. The van der Waals surface area contributed by atoms with E-state index in [2.05, 4.69) is 23.9 Å². The van der Waals surface area contributed by atoms with Crippen molar-refractivity contribution in [2.24, 2.45) is 0 Å². The normalized spacial score (nSPS) is 10.0. The molecule has 0 radical (unpaired) electrons. The van der Waals surface area contributed by atoms with Crippen LogP contribution in [0, 0.1) is 20.8 Å². The fraction of sp³-hybridized carbons (Fsp3) is 0.429. The largest absolute Gasteiger partial charge is 0.469 e. The Labute approximate surface area is 107 Å². The van der Waals surface area contributed by atoms with Crippen LogP contribution in [-0.2, 0) is 20.9 Å². The molecule has 0 saturated heterocycles. The van der Waals surface area contributed by atoms with E-state index in [4.69, 9.17) is 0 Å². The maximum atomic E-state index is 11.4. The van der Waals surface area contributed by atoms with Crippen LogP contribution in [0.1, 0.15) is 28.7 Å². The Hall–Kier alpha value is -1.84. The van der Waals surface area contributed by atoms with Crippen molar-refractivity contribution in [3.05, 3.63) is 34.4 Å². The van der Waals surface area contributed by atoms with Crippen molar-refractivity contribution in [1.29, 1.82) is 0 Å². The van der Waals surface area contributed by atoms with Crippen molar-refractivity contribution in [2.45, 2.75) is 33.7 Å². The summed E-state index contributed by atoms with van der Waals surface area (Å²) in [6.45, 7) is 6.58. The van der Waals surface area contributed by atoms with Crippen molar-refractivity contribution < 1.29 is 14.3 Å². The molecule has 0 fully saturated rings. The first-order valence-corrected chi connectivity index (χ1v) is 5.85. The molecule has 98 valence electrons. The van der Waals surface area contributed by atoms with Crippen LogP contribution in [0.2, 0.25) is 0 Å². The Morgan fingerprint density at radius 1 is 1.17 bits per heavy atom. The minimum absolute atomic E-state index is 0.236. The number of hydrogen-bond acceptors (Lipinski definition) is 3. The molecule has 1 aromatic rings. The zero-order valence-electron chi connectivity index (χ0n) is 11.3. The molecule has 0 aromatic heterocycles. The second-order valence-electron chi connectivity index (χ2n) is 4.32. The van der Waals surface area contributed by atoms with Crippen LogP contribution in [-0.4, -0.2) is 19.0 Å². The molecule has 4 heteroatoms. The summed E-state index contributed by atoms with van der Waals surface area (Å²) in [5.41, 5.74) is 4.71. The van der Waals surface area contributed by atoms with Crippen LogP contribution >= 0.6 is 0 Å². The standard InChI is InChI=1S/C14H19NO3/c1-9-5-6-12(11(3)10(9)2)8-15-13(16)7-14(17)18-4/h5-6H,7-8H2,1-4H3,(H,15,16). The first-order valence-electron chi connectivity index (χ1n) is 5.85. The fourth-order valence-electron chi connectivity index (χ4n) is 1.66. The smallest absolute Gasteiger partial charge is 0.315 e. The molecule has 0 unspecified atom stereocenters. The van der Waals surface area contributed by atoms with E-state index in [-0.39, 0.29) is 12.3 Å². The van der Waals surface area contributed by atoms with Gasteiger partial charge >= 0.3 is 5.97 Å². The van der Waals surface area contributed by atoms with Gasteiger partial charge in [-0.15, -0.1) is 0 Å². The van der Waals surface area contributed by atoms with Crippen LogP contribution in [0.25, 0.3) is 0 Å². The van der Waals surface area contributed by atoms with Gasteiger partial charge in [-0.25, -0.2) is 0 Å². The highest BCUT2D eigenvalue weighted by atomic mass is 16.5. The molecule has 0 spiro atoms. The first-order chi connectivity index (χ1) is 8.45. The maximum Gasteiger partial charge on any atom is 0.315 e. The van der Waals surface area contributed by atoms with Crippen LogP contribution in [0.4, 0.5) is 0 Å². The Morgan fingerprint density at radius 3 is 2.44 bits per heavy atom. The average molecular weight is 249 g/mol. The zero-order chi connectivity index (χ0) is 13.7. The van der Waals surface area contributed by atoms with E-state index < -0.39 is 5.97 Å². The average Bonchev–Trinajstić information content (AvgIpc) is 2.35. The summed E-state index contributed by atoms with van der Waals surface area (Å²) in [6.07, 6.45) is -0.236. The second-order valence-corrected chi connectivity index (χ2v) is 4.32. The lowest BCUT2D eigenvalue weighted by Crippen LogP contribution is -2.26. The lowest BCUT2D eigenvalue weighted by Gasteiger charge is -2.12. The monoisotopic (exact) mass is 249 g/mol. The summed E-state index contributed by atoms with van der Waals surface area (Å²) in [5.74, 6) is -0.844. The van der Waals surface area contributed by atoms with Gasteiger partial charge in [-0.2, -0.15) is 0 Å². The van der Waals surface area contributed by atoms with E-state index in [1.807, 2.05) is 19.1 Å². The summed E-state index contributed by atoms with van der Waals surface area (Å²) in [4.78, 5) is 22.4. The zero-order valence-corrected chi connectivity index (χ0v) is 11.3. The third kappa shape index (κ3) is 3.58. The number of ether oxygens (including phenoxy) is 1. The number of nitrogens with one attached hydrogen (secondary N) is 1. The van der Waals surface area contributed by atoms with Crippen LogP contribution in [0.5, 0.6) is 0 Å². The number of aryl methyl sites for hydroxylation is 1. The lowest BCUT2D eigenvalue weighted by atomic mass is 9.99. The molecule has 1 rings (SSSR count). The van der Waals surface area contributed by atoms with Gasteiger partial charge in [-0.05, 0) is 43.0 Å². The Morgan fingerprint density at radius 2 is 1.83 bits per heavy atom. The van der Waals surface area contributed by atoms with Crippen molar-refractivity contribution in [3.8, 4) is 0 Å². The topological polar surface area (TPSA) is 55.4 Å². The van der Waals surface area contributed by atoms with E-state index in [1.165, 1.54) is 23.8 Å². The Balaban J connectivity index is 2.62. The molecular formula is C14H19NO3. The molecule has 0 aliphatic carbocycles. The van der Waals surface area contributed by atoms with Gasteiger partial charge in [0.15, 0.2) is 0 Å². The molecule has 0 aliphatic rings. The number of carbonyl (C=O) groups is 2. The van der Waals surface area contributed by atoms with Crippen LogP contribution < -0.4 is 5.32 Å². The molecule has 1 amide bonds. The Kier molecular flexibility index (Phi) is 4.89. The lowest BCUT2D eigenvalue weighted by molar-refractivity contribution is -0.143. The molecular weight excluding hydrogens is 230 g/mol. The predicted molar refractivity (Wildman–Crippen MR) is 69.1 cm³/mol. The molecule has 0 heterocycles. The highest BCUT2D eigenvalue weighted by Crippen LogP contribution is 2.16. The van der Waals surface area contributed by atoms with E-state index in [0.29, 0.717) is 6.54 Å². The predicted octanol–water partition coefficient (Wildman–Crippen LogP) is 1.79. The van der Waals surface area contributed by atoms with Crippen LogP contribution in [0.15, 0.2) is 12.1 Å². The molecule has 0 bridgehead atoms. The molecule has 0 aliphatic heterocycles. The second kappa shape index (κ2) is 6.19. The molecule has 0 atom stereocenters. The van der Waals surface area contributed by atoms with Crippen molar-refractivity contribution >= 4 is 11.9 Å². The molecule has 1 N–H and O–H groups in total. The van der Waals surface area contributed by atoms with Gasteiger partial charge in [-0.3, -0.25) is 9.59 Å². The van der Waals surface area contributed by atoms with Gasteiger partial charge in [-0.1, -0.05) is 12.1 Å². The minimum Gasteiger partial charge on any atom is -0.469 e. The number of rotatable bonds is 4. The maximum absolute atomic E-state index is 11.4. The molecule has 18 heavy (non-hydrogen) atoms. The molecule has 4 nitrogen and oxygen atoms in total. The third-order valence-corrected chi connectivity index (χ3v) is 3.18.